The van der Waals surface area contributed by atoms with Crippen LogP contribution in [0.15, 0.2) is 47.5 Å². The molecule has 1 unspecified atom stereocenters. The molecule has 0 aliphatic carbocycles. The van der Waals surface area contributed by atoms with Crippen LogP contribution in [0.2, 0.25) is 0 Å². The second-order valence-electron chi connectivity index (χ2n) is 5.45. The number of anilines is 1. The van der Waals surface area contributed by atoms with Crippen molar-refractivity contribution < 1.29 is 26.7 Å². The highest BCUT2D eigenvalue weighted by Crippen LogP contribution is 2.33. The molecule has 0 radical (unpaired) electrons. The molecule has 1 atom stereocenters. The first-order valence-electron chi connectivity index (χ1n) is 7.38. The van der Waals surface area contributed by atoms with E-state index in [1.54, 1.807) is 6.07 Å². The van der Waals surface area contributed by atoms with Gasteiger partial charge in [0.05, 0.1) is 10.6 Å². The highest BCUT2D eigenvalue weighted by Gasteiger charge is 2.34. The largest absolute Gasteiger partial charge is 0.419 e. The summed E-state index contributed by atoms with van der Waals surface area (Å²) in [4.78, 5) is 16.4. The van der Waals surface area contributed by atoms with Crippen LogP contribution in [0.1, 0.15) is 11.1 Å². The molecule has 0 saturated heterocycles. The molecule has 0 bridgehead atoms. The van der Waals surface area contributed by atoms with Gasteiger partial charge in [-0.2, -0.15) is 13.2 Å². The Hall–Kier alpha value is -2.42. The van der Waals surface area contributed by atoms with Gasteiger partial charge in [-0.25, -0.2) is 8.78 Å². The monoisotopic (exact) mass is 386 g/mol. The van der Waals surface area contributed by atoms with Gasteiger partial charge in [0, 0.05) is 17.0 Å². The molecule has 1 aliphatic heterocycles. The van der Waals surface area contributed by atoms with Crippen molar-refractivity contribution in [3.63, 3.8) is 0 Å². The van der Waals surface area contributed by atoms with Gasteiger partial charge >= 0.3 is 6.18 Å². The maximum Gasteiger partial charge on any atom is 0.419 e. The molecule has 0 fully saturated rings. The molecular weight excluding hydrogens is 375 g/mol. The molecule has 3 rings (SSSR count). The second kappa shape index (κ2) is 7.06. The lowest BCUT2D eigenvalue weighted by Crippen LogP contribution is -2.26. The minimum atomic E-state index is -4.86. The van der Waals surface area contributed by atoms with Crippen molar-refractivity contribution in [1.29, 1.82) is 0 Å². The number of amides is 1. The third kappa shape index (κ3) is 4.04. The first-order valence-corrected chi connectivity index (χ1v) is 8.37. The average Bonchev–Trinajstić information content (AvgIpc) is 3.06. The van der Waals surface area contributed by atoms with Crippen molar-refractivity contribution in [3.05, 3.63) is 65.2 Å². The van der Waals surface area contributed by atoms with Gasteiger partial charge in [-0.3, -0.25) is 9.79 Å². The summed E-state index contributed by atoms with van der Waals surface area (Å²) in [5.41, 5.74) is -1.12. The second-order valence-corrected chi connectivity index (χ2v) is 6.46. The summed E-state index contributed by atoms with van der Waals surface area (Å²) in [6.45, 7) is 0. The van der Waals surface area contributed by atoms with E-state index in [-0.39, 0.29) is 11.4 Å². The zero-order valence-electron chi connectivity index (χ0n) is 13.0. The summed E-state index contributed by atoms with van der Waals surface area (Å²) >= 11 is 1.24. The molecule has 3 nitrogen and oxygen atoms in total. The molecule has 136 valence electrons. The number of carbonyl (C=O) groups is 1. The van der Waals surface area contributed by atoms with Gasteiger partial charge in [0.2, 0.25) is 5.91 Å². The fourth-order valence-corrected chi connectivity index (χ4v) is 3.37. The highest BCUT2D eigenvalue weighted by molar-refractivity contribution is 8.14. The van der Waals surface area contributed by atoms with Gasteiger partial charge in [-0.05, 0) is 30.3 Å². The smallest absolute Gasteiger partial charge is 0.324 e. The third-order valence-corrected chi connectivity index (χ3v) is 4.66. The van der Waals surface area contributed by atoms with Crippen LogP contribution in [0.5, 0.6) is 0 Å². The first-order chi connectivity index (χ1) is 12.2. The number of nitrogens with zero attached hydrogens (tertiary/aromatic N) is 1. The summed E-state index contributed by atoms with van der Waals surface area (Å²) in [6.07, 6.45) is -4.86. The SMILES string of the molecule is O=C(Nc1ccc(F)c(C(F)(F)F)c1)C1CSC(c2cccc(F)c2)=N1. The van der Waals surface area contributed by atoms with Gasteiger partial charge in [0.25, 0.3) is 0 Å². The first kappa shape index (κ1) is 18.4. The minimum Gasteiger partial charge on any atom is -0.324 e. The molecule has 9 heteroatoms. The molecule has 0 spiro atoms. The van der Waals surface area contributed by atoms with Gasteiger partial charge in [-0.15, -0.1) is 11.8 Å². The average molecular weight is 386 g/mol. The number of rotatable bonds is 3. The highest BCUT2D eigenvalue weighted by atomic mass is 32.2. The standard InChI is InChI=1S/C17H11F5N2OS/c18-10-3-1-2-9(6-10)16-24-14(8-26-16)15(25)23-11-4-5-13(19)12(7-11)17(20,21)22/h1-7,14H,8H2,(H,23,25). The maximum absolute atomic E-state index is 13.3. The zero-order valence-corrected chi connectivity index (χ0v) is 13.8. The van der Waals surface area contributed by atoms with Crippen LogP contribution in [0.25, 0.3) is 0 Å². The van der Waals surface area contributed by atoms with Gasteiger partial charge < -0.3 is 5.32 Å². The third-order valence-electron chi connectivity index (χ3n) is 3.56. The number of hydrogen-bond acceptors (Lipinski definition) is 3. The number of halogens is 5. The Morgan fingerprint density at radius 3 is 2.62 bits per heavy atom. The van der Waals surface area contributed by atoms with Crippen molar-refractivity contribution in [2.75, 3.05) is 11.1 Å². The zero-order chi connectivity index (χ0) is 18.9. The fraction of sp³-hybridized carbons (Fsp3) is 0.176. The lowest BCUT2D eigenvalue weighted by molar-refractivity contribution is -0.140. The molecule has 1 heterocycles. The molecule has 0 aromatic heterocycles. The summed E-state index contributed by atoms with van der Waals surface area (Å²) in [6, 6.07) is 7.10. The summed E-state index contributed by atoms with van der Waals surface area (Å²) in [7, 11) is 0. The number of benzene rings is 2. The van der Waals surface area contributed by atoms with E-state index in [0.717, 1.165) is 6.07 Å². The lowest BCUT2D eigenvalue weighted by atomic mass is 10.1. The van der Waals surface area contributed by atoms with Crippen LogP contribution in [-0.2, 0) is 11.0 Å². The summed E-state index contributed by atoms with van der Waals surface area (Å²) in [5.74, 6) is -2.21. The van der Waals surface area contributed by atoms with E-state index in [1.165, 1.54) is 30.0 Å². The molecule has 26 heavy (non-hydrogen) atoms. The number of thioether (sulfide) groups is 1. The van der Waals surface area contributed by atoms with Gasteiger partial charge in [-0.1, -0.05) is 12.1 Å². The van der Waals surface area contributed by atoms with Crippen LogP contribution in [-0.4, -0.2) is 22.7 Å². The number of nitrogens with one attached hydrogen (secondary N) is 1. The van der Waals surface area contributed by atoms with Gasteiger partial charge in [0.15, 0.2) is 0 Å². The van der Waals surface area contributed by atoms with Gasteiger partial charge in [0.1, 0.15) is 17.7 Å². The van der Waals surface area contributed by atoms with E-state index >= 15 is 0 Å². The van der Waals surface area contributed by atoms with E-state index in [9.17, 15) is 26.7 Å². The summed E-state index contributed by atoms with van der Waals surface area (Å²) < 4.78 is 64.7. The Labute approximate surface area is 149 Å². The number of hydrogen-bond donors (Lipinski definition) is 1. The van der Waals surface area contributed by atoms with E-state index in [0.29, 0.717) is 22.7 Å². The van der Waals surface area contributed by atoms with Crippen molar-refractivity contribution in [1.82, 2.24) is 0 Å². The van der Waals surface area contributed by atoms with Crippen LogP contribution in [0, 0.1) is 11.6 Å². The van der Waals surface area contributed by atoms with E-state index in [4.69, 9.17) is 0 Å². The predicted octanol–water partition coefficient (Wildman–Crippen LogP) is 4.48. The molecule has 1 aliphatic rings. The van der Waals surface area contributed by atoms with Crippen molar-refractivity contribution >= 4 is 28.4 Å². The molecular formula is C17H11F5N2OS. The van der Waals surface area contributed by atoms with E-state index in [2.05, 4.69) is 10.3 Å². The number of alkyl halides is 3. The number of carbonyl (C=O) groups excluding carboxylic acids is 1. The van der Waals surface area contributed by atoms with Crippen molar-refractivity contribution in [2.45, 2.75) is 12.2 Å². The van der Waals surface area contributed by atoms with Crippen LogP contribution >= 0.6 is 11.8 Å². The van der Waals surface area contributed by atoms with Crippen LogP contribution in [0.4, 0.5) is 27.6 Å². The Kier molecular flexibility index (Phi) is 4.99. The quantitative estimate of drug-likeness (QED) is 0.790. The van der Waals surface area contributed by atoms with Crippen molar-refractivity contribution in [2.24, 2.45) is 4.99 Å². The normalized spacial score (nSPS) is 17.1. The topological polar surface area (TPSA) is 41.5 Å². The lowest BCUT2D eigenvalue weighted by Gasteiger charge is -2.12. The Bertz CT molecular complexity index is 882. The Morgan fingerprint density at radius 1 is 1.15 bits per heavy atom. The Balaban J connectivity index is 1.75. The molecule has 0 saturated carbocycles. The van der Waals surface area contributed by atoms with E-state index in [1.807, 2.05) is 0 Å². The summed E-state index contributed by atoms with van der Waals surface area (Å²) in [5, 5.41) is 2.78. The predicted molar refractivity (Wildman–Crippen MR) is 89.2 cm³/mol. The molecule has 2 aromatic carbocycles. The molecule has 2 aromatic rings. The number of aliphatic imine (C=N–C) groups is 1. The van der Waals surface area contributed by atoms with Crippen molar-refractivity contribution in [3.8, 4) is 0 Å². The minimum absolute atomic E-state index is 0.178. The maximum atomic E-state index is 13.3. The Morgan fingerprint density at radius 2 is 1.92 bits per heavy atom. The van der Waals surface area contributed by atoms with E-state index < -0.39 is 35.3 Å². The fourth-order valence-electron chi connectivity index (χ4n) is 2.33. The molecule has 1 N–H and O–H groups in total. The van der Waals surface area contributed by atoms with Crippen LogP contribution in [0.3, 0.4) is 0 Å². The molecule has 1 amide bonds. The van der Waals surface area contributed by atoms with Crippen LogP contribution < -0.4 is 5.32 Å².